The van der Waals surface area contributed by atoms with Crippen molar-refractivity contribution in [2.24, 2.45) is 7.05 Å². The summed E-state index contributed by atoms with van der Waals surface area (Å²) in [7, 11) is 1.85. The topological polar surface area (TPSA) is 30.7 Å². The minimum atomic E-state index is 0.474. The van der Waals surface area contributed by atoms with E-state index in [1.165, 1.54) is 0 Å². The van der Waals surface area contributed by atoms with Crippen LogP contribution in [0.4, 0.5) is 0 Å². The Labute approximate surface area is 82.5 Å². The molecule has 2 aromatic rings. The minimum absolute atomic E-state index is 0.474. The van der Waals surface area contributed by atoms with E-state index in [1.807, 2.05) is 13.2 Å². The van der Waals surface area contributed by atoms with Crippen LogP contribution < -0.4 is 0 Å². The van der Waals surface area contributed by atoms with Gasteiger partial charge < -0.3 is 0 Å². The van der Waals surface area contributed by atoms with Crippen LogP contribution >= 0.6 is 27.5 Å². The summed E-state index contributed by atoms with van der Waals surface area (Å²) in [6.45, 7) is 0. The smallest absolute Gasteiger partial charge is 0.131 e. The molecule has 0 aliphatic carbocycles. The van der Waals surface area contributed by atoms with E-state index in [2.05, 4.69) is 26.0 Å². The molecule has 62 valence electrons. The summed E-state index contributed by atoms with van der Waals surface area (Å²) in [5.74, 6) is 0. The summed E-state index contributed by atoms with van der Waals surface area (Å²) >= 11 is 9.12. The maximum Gasteiger partial charge on any atom is 0.131 e. The first-order valence-corrected chi connectivity index (χ1v) is 4.49. The van der Waals surface area contributed by atoms with Gasteiger partial charge in [-0.25, -0.2) is 4.98 Å². The number of aromatic nitrogens is 3. The van der Waals surface area contributed by atoms with Gasteiger partial charge in [0.05, 0.1) is 10.7 Å². The molecule has 0 saturated carbocycles. The van der Waals surface area contributed by atoms with E-state index in [0.717, 1.165) is 15.5 Å². The Balaban J connectivity index is 2.88. The molecule has 3 nitrogen and oxygen atoms in total. The minimum Gasteiger partial charge on any atom is -0.273 e. The molecule has 5 heteroatoms. The molecule has 0 radical (unpaired) electrons. The highest BCUT2D eigenvalue weighted by Gasteiger charge is 2.05. The van der Waals surface area contributed by atoms with Gasteiger partial charge in [0, 0.05) is 7.05 Å². The molecule has 2 rings (SSSR count). The lowest BCUT2D eigenvalue weighted by molar-refractivity contribution is 0.779. The molecule has 12 heavy (non-hydrogen) atoms. The second-order valence-electron chi connectivity index (χ2n) is 2.46. The number of hydrogen-bond donors (Lipinski definition) is 0. The number of aryl methyl sites for hydroxylation is 1. The Morgan fingerprint density at radius 2 is 2.33 bits per heavy atom. The summed E-state index contributed by atoms with van der Waals surface area (Å²) in [5, 5.41) is 4.68. The van der Waals surface area contributed by atoms with Crippen molar-refractivity contribution >= 4 is 38.6 Å². The average Bonchev–Trinajstić information content (AvgIpc) is 2.29. The average molecular weight is 246 g/mol. The number of fused-ring (bicyclic) bond motifs is 1. The first-order chi connectivity index (χ1) is 5.66. The quantitative estimate of drug-likeness (QED) is 0.668. The second-order valence-corrected chi connectivity index (χ2v) is 3.71. The van der Waals surface area contributed by atoms with E-state index in [0.29, 0.717) is 5.15 Å². The van der Waals surface area contributed by atoms with Crippen molar-refractivity contribution in [1.29, 1.82) is 0 Å². The summed E-state index contributed by atoms with van der Waals surface area (Å²) in [6, 6.07) is 1.73. The van der Waals surface area contributed by atoms with Crippen LogP contribution in [0.2, 0.25) is 5.15 Å². The lowest BCUT2D eigenvalue weighted by Gasteiger charge is -1.91. The standard InChI is InChI=1S/C7H5BrClN3/c1-12-3-5-7(11-12)4(8)2-6(9)10-5/h2-3H,1H3. The molecule has 2 aromatic heterocycles. The monoisotopic (exact) mass is 245 g/mol. The van der Waals surface area contributed by atoms with Crippen molar-refractivity contribution < 1.29 is 0 Å². The summed E-state index contributed by atoms with van der Waals surface area (Å²) in [5.41, 5.74) is 1.64. The van der Waals surface area contributed by atoms with E-state index < -0.39 is 0 Å². The molecule has 0 aromatic carbocycles. The zero-order chi connectivity index (χ0) is 8.72. The predicted octanol–water partition coefficient (Wildman–Crippen LogP) is 2.38. The van der Waals surface area contributed by atoms with Crippen LogP contribution in [-0.4, -0.2) is 14.8 Å². The van der Waals surface area contributed by atoms with Crippen LogP contribution in [0, 0.1) is 0 Å². The van der Waals surface area contributed by atoms with Crippen molar-refractivity contribution in [2.75, 3.05) is 0 Å². The zero-order valence-electron chi connectivity index (χ0n) is 6.25. The van der Waals surface area contributed by atoms with Gasteiger partial charge in [0.1, 0.15) is 16.2 Å². The molecule has 0 N–H and O–H groups in total. The molecule has 0 aliphatic heterocycles. The highest BCUT2D eigenvalue weighted by molar-refractivity contribution is 9.10. The fraction of sp³-hybridized carbons (Fsp3) is 0.143. The molecule has 0 bridgehead atoms. The predicted molar refractivity (Wildman–Crippen MR) is 51.2 cm³/mol. The van der Waals surface area contributed by atoms with E-state index in [4.69, 9.17) is 11.6 Å². The van der Waals surface area contributed by atoms with Crippen molar-refractivity contribution in [3.63, 3.8) is 0 Å². The molecule has 0 saturated heterocycles. The molecule has 0 fully saturated rings. The molecule has 0 atom stereocenters. The number of hydrogen-bond acceptors (Lipinski definition) is 2. The van der Waals surface area contributed by atoms with Crippen molar-refractivity contribution in [3.8, 4) is 0 Å². The van der Waals surface area contributed by atoms with Crippen molar-refractivity contribution in [3.05, 3.63) is 21.9 Å². The van der Waals surface area contributed by atoms with Gasteiger partial charge in [0.15, 0.2) is 0 Å². The maximum atomic E-state index is 5.76. The molecule has 0 unspecified atom stereocenters. The highest BCUT2D eigenvalue weighted by atomic mass is 79.9. The number of pyridine rings is 1. The van der Waals surface area contributed by atoms with Crippen LogP contribution in [0.25, 0.3) is 11.0 Å². The normalized spacial score (nSPS) is 10.9. The Bertz CT molecular complexity index is 437. The summed E-state index contributed by atoms with van der Waals surface area (Å²) < 4.78 is 2.58. The summed E-state index contributed by atoms with van der Waals surface area (Å²) in [6.07, 6.45) is 1.83. The van der Waals surface area contributed by atoms with Gasteiger partial charge in [0.25, 0.3) is 0 Å². The number of nitrogens with zero attached hydrogens (tertiary/aromatic N) is 3. The summed E-state index contributed by atoms with van der Waals surface area (Å²) in [4.78, 5) is 4.11. The van der Waals surface area contributed by atoms with Crippen LogP contribution in [-0.2, 0) is 7.05 Å². The van der Waals surface area contributed by atoms with Gasteiger partial charge in [-0.15, -0.1) is 0 Å². The van der Waals surface area contributed by atoms with Gasteiger partial charge >= 0.3 is 0 Å². The van der Waals surface area contributed by atoms with Crippen LogP contribution in [0.5, 0.6) is 0 Å². The third kappa shape index (κ3) is 1.21. The van der Waals surface area contributed by atoms with Crippen molar-refractivity contribution in [1.82, 2.24) is 14.8 Å². The van der Waals surface area contributed by atoms with Crippen LogP contribution in [0.3, 0.4) is 0 Å². The second kappa shape index (κ2) is 2.71. The lowest BCUT2D eigenvalue weighted by Crippen LogP contribution is -1.85. The molecule has 2 heterocycles. The lowest BCUT2D eigenvalue weighted by atomic mass is 10.4. The van der Waals surface area contributed by atoms with Gasteiger partial charge in [-0.05, 0) is 22.0 Å². The molecule has 0 spiro atoms. The zero-order valence-corrected chi connectivity index (χ0v) is 8.59. The highest BCUT2D eigenvalue weighted by Crippen LogP contribution is 2.23. The van der Waals surface area contributed by atoms with Gasteiger partial charge in [-0.1, -0.05) is 11.6 Å². The SMILES string of the molecule is Cn1cc2nc(Cl)cc(Br)c2n1. The van der Waals surface area contributed by atoms with Crippen LogP contribution in [0.1, 0.15) is 0 Å². The van der Waals surface area contributed by atoms with Crippen LogP contribution in [0.15, 0.2) is 16.7 Å². The van der Waals surface area contributed by atoms with Gasteiger partial charge in [-0.2, -0.15) is 5.10 Å². The van der Waals surface area contributed by atoms with E-state index >= 15 is 0 Å². The Morgan fingerprint density at radius 3 is 3.08 bits per heavy atom. The Kier molecular flexibility index (Phi) is 1.81. The third-order valence-corrected chi connectivity index (χ3v) is 2.31. The molecule has 0 aliphatic rings. The first-order valence-electron chi connectivity index (χ1n) is 3.32. The number of rotatable bonds is 0. The van der Waals surface area contributed by atoms with E-state index in [1.54, 1.807) is 10.7 Å². The largest absolute Gasteiger partial charge is 0.273 e. The van der Waals surface area contributed by atoms with Gasteiger partial charge in [0.2, 0.25) is 0 Å². The molecular formula is C7H5BrClN3. The first kappa shape index (κ1) is 8.01. The third-order valence-electron chi connectivity index (χ3n) is 1.51. The van der Waals surface area contributed by atoms with E-state index in [-0.39, 0.29) is 0 Å². The Morgan fingerprint density at radius 1 is 1.58 bits per heavy atom. The molecule has 0 amide bonds. The molecular weight excluding hydrogens is 241 g/mol. The Hall–Kier alpha value is -0.610. The van der Waals surface area contributed by atoms with Gasteiger partial charge in [-0.3, -0.25) is 4.68 Å². The maximum absolute atomic E-state index is 5.76. The fourth-order valence-corrected chi connectivity index (χ4v) is 1.88. The number of halogens is 2. The fourth-order valence-electron chi connectivity index (χ4n) is 1.05. The van der Waals surface area contributed by atoms with E-state index in [9.17, 15) is 0 Å². The van der Waals surface area contributed by atoms with Crippen molar-refractivity contribution in [2.45, 2.75) is 0 Å².